The van der Waals surface area contributed by atoms with Crippen LogP contribution in [-0.2, 0) is 10.5 Å². The predicted octanol–water partition coefficient (Wildman–Crippen LogP) is -0.767. The van der Waals surface area contributed by atoms with Gasteiger partial charge in [-0.1, -0.05) is 12.1 Å². The summed E-state index contributed by atoms with van der Waals surface area (Å²) in [6.45, 7) is -0.481. The Balaban J connectivity index is 2.33. The van der Waals surface area contributed by atoms with Crippen LogP contribution in [0.15, 0.2) is 29.2 Å². The van der Waals surface area contributed by atoms with Gasteiger partial charge in [-0.05, 0) is 12.1 Å². The van der Waals surface area contributed by atoms with E-state index in [1.807, 2.05) is 0 Å². The smallest absolute Gasteiger partial charge is 0.222 e. The fourth-order valence-electron chi connectivity index (χ4n) is 1.89. The van der Waals surface area contributed by atoms with Crippen molar-refractivity contribution in [2.45, 2.75) is 29.0 Å². The summed E-state index contributed by atoms with van der Waals surface area (Å²) < 4.78 is 5.13. The van der Waals surface area contributed by atoms with Gasteiger partial charge in [0.1, 0.15) is 18.3 Å². The summed E-state index contributed by atoms with van der Waals surface area (Å²) in [5, 5.41) is 38.6. The number of benzene rings is 1. The topological polar surface area (TPSA) is 90.2 Å². The second-order valence-corrected chi connectivity index (χ2v) is 4.53. The lowest BCUT2D eigenvalue weighted by atomic mass is 9.98. The molecule has 0 bridgehead atoms. The molecule has 1 aliphatic heterocycles. The van der Waals surface area contributed by atoms with Crippen LogP contribution in [0.3, 0.4) is 0 Å². The third kappa shape index (κ3) is 2.08. The van der Waals surface area contributed by atoms with Gasteiger partial charge in [0.25, 0.3) is 0 Å². The van der Waals surface area contributed by atoms with E-state index in [0.717, 1.165) is 0 Å². The number of hydrogen-bond donors (Lipinski definition) is 5. The standard InChI is InChI=1S/C11H14O5S/c12-5-8-9(13)10(14)11(15,16-8)6-1-3-7(17)4-2-6/h1-4,8-10,12-15,17H,5H2/t8-,9-,10-,11-/m1/s1. The van der Waals surface area contributed by atoms with Crippen LogP contribution in [0.5, 0.6) is 0 Å². The van der Waals surface area contributed by atoms with Gasteiger partial charge >= 0.3 is 0 Å². The maximum absolute atomic E-state index is 10.2. The second kappa shape index (κ2) is 4.56. The van der Waals surface area contributed by atoms with Crippen molar-refractivity contribution >= 4 is 12.6 Å². The van der Waals surface area contributed by atoms with Crippen molar-refractivity contribution in [1.82, 2.24) is 0 Å². The van der Waals surface area contributed by atoms with Crippen molar-refractivity contribution in [1.29, 1.82) is 0 Å². The molecule has 0 radical (unpaired) electrons. The number of ether oxygens (including phenoxy) is 1. The van der Waals surface area contributed by atoms with Crippen LogP contribution in [0.4, 0.5) is 0 Å². The molecule has 17 heavy (non-hydrogen) atoms. The molecule has 4 atom stereocenters. The molecule has 1 aliphatic rings. The molecule has 5 nitrogen and oxygen atoms in total. The van der Waals surface area contributed by atoms with Crippen LogP contribution < -0.4 is 0 Å². The molecule has 0 aromatic heterocycles. The van der Waals surface area contributed by atoms with E-state index in [0.29, 0.717) is 10.5 Å². The molecule has 1 heterocycles. The Morgan fingerprint density at radius 2 is 1.82 bits per heavy atom. The van der Waals surface area contributed by atoms with Crippen molar-refractivity contribution < 1.29 is 25.2 Å². The molecule has 0 spiro atoms. The fraction of sp³-hybridized carbons (Fsp3) is 0.455. The van der Waals surface area contributed by atoms with Crippen molar-refractivity contribution in [2.75, 3.05) is 6.61 Å². The Morgan fingerprint density at radius 1 is 1.24 bits per heavy atom. The maximum Gasteiger partial charge on any atom is 0.222 e. The molecule has 6 heteroatoms. The van der Waals surface area contributed by atoms with Crippen molar-refractivity contribution in [3.8, 4) is 0 Å². The van der Waals surface area contributed by atoms with E-state index in [2.05, 4.69) is 12.6 Å². The number of thiol groups is 1. The second-order valence-electron chi connectivity index (χ2n) is 4.02. The molecule has 1 fully saturated rings. The van der Waals surface area contributed by atoms with Gasteiger partial charge in [0.2, 0.25) is 5.79 Å². The number of aliphatic hydroxyl groups is 4. The van der Waals surface area contributed by atoms with Gasteiger partial charge < -0.3 is 25.2 Å². The van der Waals surface area contributed by atoms with Crippen molar-refractivity contribution in [3.63, 3.8) is 0 Å². The van der Waals surface area contributed by atoms with Gasteiger partial charge in [0.15, 0.2) is 0 Å². The first-order valence-electron chi connectivity index (χ1n) is 5.15. The largest absolute Gasteiger partial charge is 0.394 e. The summed E-state index contributed by atoms with van der Waals surface area (Å²) in [5.74, 6) is -2.01. The van der Waals surface area contributed by atoms with Gasteiger partial charge in [-0.25, -0.2) is 0 Å². The average molecular weight is 258 g/mol. The minimum atomic E-state index is -2.01. The first-order valence-corrected chi connectivity index (χ1v) is 5.60. The molecule has 0 amide bonds. The van der Waals surface area contributed by atoms with Crippen LogP contribution in [-0.4, -0.2) is 45.3 Å². The van der Waals surface area contributed by atoms with Gasteiger partial charge in [-0.15, -0.1) is 12.6 Å². The average Bonchev–Trinajstić information content (AvgIpc) is 2.55. The molecule has 0 saturated carbocycles. The highest BCUT2D eigenvalue weighted by atomic mass is 32.1. The fourth-order valence-corrected chi connectivity index (χ4v) is 2.04. The van der Waals surface area contributed by atoms with E-state index in [9.17, 15) is 15.3 Å². The molecule has 0 unspecified atom stereocenters. The third-order valence-electron chi connectivity index (χ3n) is 2.90. The Morgan fingerprint density at radius 3 is 2.29 bits per heavy atom. The first kappa shape index (κ1) is 12.8. The zero-order valence-corrected chi connectivity index (χ0v) is 9.79. The number of hydrogen-bond acceptors (Lipinski definition) is 6. The molecule has 94 valence electrons. The lowest BCUT2D eigenvalue weighted by Crippen LogP contribution is -2.40. The number of aliphatic hydroxyl groups excluding tert-OH is 3. The minimum Gasteiger partial charge on any atom is -0.394 e. The summed E-state index contributed by atoms with van der Waals surface area (Å²) >= 11 is 4.10. The SMILES string of the molecule is OC[C@H]1O[C@](O)(c2ccc(S)cc2)[C@H](O)[C@@H]1O. The molecule has 4 N–H and O–H groups in total. The predicted molar refractivity (Wildman–Crippen MR) is 61.6 cm³/mol. The van der Waals surface area contributed by atoms with E-state index in [4.69, 9.17) is 9.84 Å². The maximum atomic E-state index is 10.2. The van der Waals surface area contributed by atoms with Gasteiger partial charge in [0.05, 0.1) is 6.61 Å². The van der Waals surface area contributed by atoms with E-state index in [1.165, 1.54) is 12.1 Å². The highest BCUT2D eigenvalue weighted by Gasteiger charge is 2.54. The van der Waals surface area contributed by atoms with Crippen LogP contribution in [0.2, 0.25) is 0 Å². The summed E-state index contributed by atoms with van der Waals surface area (Å²) in [7, 11) is 0. The van der Waals surface area contributed by atoms with Crippen molar-refractivity contribution in [2.24, 2.45) is 0 Å². The van der Waals surface area contributed by atoms with Gasteiger partial charge in [-0.3, -0.25) is 0 Å². The van der Waals surface area contributed by atoms with Crippen LogP contribution in [0.1, 0.15) is 5.56 Å². The molecule has 1 aromatic rings. The van der Waals surface area contributed by atoms with Crippen LogP contribution in [0.25, 0.3) is 0 Å². The highest BCUT2D eigenvalue weighted by Crippen LogP contribution is 2.37. The lowest BCUT2D eigenvalue weighted by molar-refractivity contribution is -0.239. The minimum absolute atomic E-state index is 0.304. The normalized spacial score (nSPS) is 37.4. The Kier molecular flexibility index (Phi) is 3.44. The van der Waals surface area contributed by atoms with Crippen LogP contribution >= 0.6 is 12.6 Å². The molecule has 0 aliphatic carbocycles. The monoisotopic (exact) mass is 258 g/mol. The summed E-state index contributed by atoms with van der Waals surface area (Å²) in [6, 6.07) is 6.34. The number of rotatable bonds is 2. The van der Waals surface area contributed by atoms with Crippen LogP contribution in [0, 0.1) is 0 Å². The van der Waals surface area contributed by atoms with E-state index in [-0.39, 0.29) is 0 Å². The summed E-state index contributed by atoms with van der Waals surface area (Å²) in [4.78, 5) is 0.698. The lowest BCUT2D eigenvalue weighted by Gasteiger charge is -2.26. The zero-order chi connectivity index (χ0) is 12.6. The summed E-state index contributed by atoms with van der Waals surface area (Å²) in [6.07, 6.45) is -3.85. The quantitative estimate of drug-likeness (QED) is 0.450. The third-order valence-corrected chi connectivity index (χ3v) is 3.20. The highest BCUT2D eigenvalue weighted by molar-refractivity contribution is 7.80. The zero-order valence-electron chi connectivity index (χ0n) is 8.89. The first-order chi connectivity index (χ1) is 7.99. The summed E-state index contributed by atoms with van der Waals surface area (Å²) in [5.41, 5.74) is 0.304. The molecular weight excluding hydrogens is 244 g/mol. The molecule has 1 aromatic carbocycles. The Labute approximate surface area is 104 Å². The van der Waals surface area contributed by atoms with Crippen molar-refractivity contribution in [3.05, 3.63) is 29.8 Å². The van der Waals surface area contributed by atoms with Gasteiger partial charge in [-0.2, -0.15) is 0 Å². The van der Waals surface area contributed by atoms with E-state index >= 15 is 0 Å². The molecule has 1 saturated heterocycles. The van der Waals surface area contributed by atoms with E-state index in [1.54, 1.807) is 12.1 Å². The Bertz CT molecular complexity index is 395. The Hall–Kier alpha value is -0.630. The molecular formula is C11H14O5S. The van der Waals surface area contributed by atoms with Gasteiger partial charge in [0, 0.05) is 10.5 Å². The molecule has 2 rings (SSSR count). The van der Waals surface area contributed by atoms with E-state index < -0.39 is 30.7 Å².